The molecular weight excluding hydrogens is 224 g/mol. The lowest BCUT2D eigenvalue weighted by Crippen LogP contribution is -2.03. The Bertz CT molecular complexity index is 390. The van der Waals surface area contributed by atoms with Crippen molar-refractivity contribution in [3.63, 3.8) is 0 Å². The van der Waals surface area contributed by atoms with Gasteiger partial charge in [-0.3, -0.25) is 4.79 Å². The predicted molar refractivity (Wildman–Crippen MR) is 73.3 cm³/mol. The number of carbonyl (C=O) groups is 1. The molecule has 0 aromatic carbocycles. The first-order valence-corrected chi connectivity index (χ1v) is 6.91. The van der Waals surface area contributed by atoms with Crippen LogP contribution in [0.2, 0.25) is 0 Å². The highest BCUT2D eigenvalue weighted by atomic mass is 16.5. The Morgan fingerprint density at radius 3 is 2.72 bits per heavy atom. The molecule has 1 saturated carbocycles. The maximum atomic E-state index is 12.0. The summed E-state index contributed by atoms with van der Waals surface area (Å²) in [6, 6.07) is 0. The standard InChI is InChI=1S/C16H24O2/c1-5-9-18-10-8-12-15(16(12,3)4)14-11(2)6-7-13(14)17/h5,12,15H,1,6-10H2,2-4H3. The van der Waals surface area contributed by atoms with Crippen molar-refractivity contribution in [3.8, 4) is 0 Å². The molecule has 0 aromatic rings. The molecule has 0 spiro atoms. The maximum absolute atomic E-state index is 12.0. The number of ketones is 1. The van der Waals surface area contributed by atoms with Crippen molar-refractivity contribution >= 4 is 5.78 Å². The fourth-order valence-electron chi connectivity index (χ4n) is 3.48. The molecule has 18 heavy (non-hydrogen) atoms. The zero-order valence-electron chi connectivity index (χ0n) is 11.8. The summed E-state index contributed by atoms with van der Waals surface area (Å²) < 4.78 is 5.47. The number of rotatable bonds is 6. The van der Waals surface area contributed by atoms with Gasteiger partial charge in [-0.2, -0.15) is 0 Å². The summed E-state index contributed by atoms with van der Waals surface area (Å²) in [5.74, 6) is 1.47. The Kier molecular flexibility index (Phi) is 3.76. The SMILES string of the molecule is C=CCOCCC1C(C2=C(C)CCC2=O)C1(C)C. The summed E-state index contributed by atoms with van der Waals surface area (Å²) in [4.78, 5) is 12.0. The summed E-state index contributed by atoms with van der Waals surface area (Å²) in [5.41, 5.74) is 2.75. The monoisotopic (exact) mass is 248 g/mol. The van der Waals surface area contributed by atoms with Gasteiger partial charge in [0.25, 0.3) is 0 Å². The molecular formula is C16H24O2. The van der Waals surface area contributed by atoms with E-state index in [4.69, 9.17) is 4.74 Å². The van der Waals surface area contributed by atoms with Gasteiger partial charge in [0, 0.05) is 13.0 Å². The van der Waals surface area contributed by atoms with Crippen molar-refractivity contribution in [3.05, 3.63) is 23.8 Å². The first-order chi connectivity index (χ1) is 8.50. The third-order valence-corrected chi connectivity index (χ3v) is 4.66. The van der Waals surface area contributed by atoms with E-state index in [1.54, 1.807) is 6.08 Å². The molecule has 2 aliphatic rings. The molecule has 2 aliphatic carbocycles. The highest BCUT2D eigenvalue weighted by Gasteiger charge is 2.60. The lowest BCUT2D eigenvalue weighted by atomic mass is 10.00. The van der Waals surface area contributed by atoms with Crippen LogP contribution in [0, 0.1) is 17.3 Å². The van der Waals surface area contributed by atoms with Gasteiger partial charge >= 0.3 is 0 Å². The minimum atomic E-state index is 0.272. The Morgan fingerprint density at radius 2 is 2.17 bits per heavy atom. The molecule has 0 heterocycles. The van der Waals surface area contributed by atoms with Gasteiger partial charge in [-0.1, -0.05) is 25.5 Å². The van der Waals surface area contributed by atoms with Gasteiger partial charge < -0.3 is 4.74 Å². The summed E-state index contributed by atoms with van der Waals surface area (Å²) in [5, 5.41) is 0. The summed E-state index contributed by atoms with van der Waals surface area (Å²) >= 11 is 0. The molecule has 1 fully saturated rings. The third kappa shape index (κ3) is 2.31. The number of Topliss-reactive ketones (excluding diaryl/α,β-unsaturated/α-hetero) is 1. The number of hydrogen-bond acceptors (Lipinski definition) is 2. The fourth-order valence-corrected chi connectivity index (χ4v) is 3.48. The lowest BCUT2D eigenvalue weighted by molar-refractivity contribution is -0.115. The average molecular weight is 248 g/mol. The Labute approximate surface area is 110 Å². The fraction of sp³-hybridized carbons (Fsp3) is 0.688. The Morgan fingerprint density at radius 1 is 1.44 bits per heavy atom. The van der Waals surface area contributed by atoms with Crippen LogP contribution in [0.15, 0.2) is 23.8 Å². The van der Waals surface area contributed by atoms with Crippen molar-refractivity contribution in [2.75, 3.05) is 13.2 Å². The highest BCUT2D eigenvalue weighted by molar-refractivity contribution is 5.99. The highest BCUT2D eigenvalue weighted by Crippen LogP contribution is 2.64. The smallest absolute Gasteiger partial charge is 0.159 e. The van der Waals surface area contributed by atoms with E-state index < -0.39 is 0 Å². The molecule has 2 rings (SSSR count). The van der Waals surface area contributed by atoms with Gasteiger partial charge in [-0.05, 0) is 42.6 Å². The second kappa shape index (κ2) is 5.00. The van der Waals surface area contributed by atoms with Gasteiger partial charge in [-0.25, -0.2) is 0 Å². The van der Waals surface area contributed by atoms with E-state index in [9.17, 15) is 4.79 Å². The van der Waals surface area contributed by atoms with Crippen LogP contribution in [0.25, 0.3) is 0 Å². The van der Waals surface area contributed by atoms with Crippen LogP contribution >= 0.6 is 0 Å². The molecule has 2 atom stereocenters. The molecule has 0 amide bonds. The Hall–Kier alpha value is -0.890. The maximum Gasteiger partial charge on any atom is 0.159 e. The molecule has 0 N–H and O–H groups in total. The van der Waals surface area contributed by atoms with Gasteiger partial charge in [0.05, 0.1) is 6.61 Å². The van der Waals surface area contributed by atoms with Crippen LogP contribution in [0.4, 0.5) is 0 Å². The first-order valence-electron chi connectivity index (χ1n) is 6.91. The minimum absolute atomic E-state index is 0.272. The molecule has 0 aromatic heterocycles. The molecule has 2 unspecified atom stereocenters. The summed E-state index contributed by atoms with van der Waals surface area (Å²) in [7, 11) is 0. The van der Waals surface area contributed by atoms with Crippen LogP contribution in [0.5, 0.6) is 0 Å². The topological polar surface area (TPSA) is 26.3 Å². The molecule has 0 saturated heterocycles. The second-order valence-electron chi connectivity index (χ2n) is 6.17. The van der Waals surface area contributed by atoms with E-state index in [0.717, 1.165) is 31.4 Å². The predicted octanol–water partition coefficient (Wildman–Crippen LogP) is 3.53. The molecule has 0 bridgehead atoms. The van der Waals surface area contributed by atoms with E-state index in [2.05, 4.69) is 27.4 Å². The molecule has 100 valence electrons. The van der Waals surface area contributed by atoms with Crippen LogP contribution < -0.4 is 0 Å². The summed E-state index contributed by atoms with van der Waals surface area (Å²) in [6.45, 7) is 11.7. The van der Waals surface area contributed by atoms with Crippen molar-refractivity contribution in [1.82, 2.24) is 0 Å². The number of hydrogen-bond donors (Lipinski definition) is 0. The van der Waals surface area contributed by atoms with E-state index in [0.29, 0.717) is 24.2 Å². The van der Waals surface area contributed by atoms with Crippen LogP contribution in [-0.4, -0.2) is 19.0 Å². The number of ether oxygens (including phenoxy) is 1. The van der Waals surface area contributed by atoms with E-state index in [-0.39, 0.29) is 5.41 Å². The molecule has 2 heteroatoms. The van der Waals surface area contributed by atoms with E-state index >= 15 is 0 Å². The average Bonchev–Trinajstić information content (AvgIpc) is 2.66. The normalized spacial score (nSPS) is 29.8. The lowest BCUT2D eigenvalue weighted by Gasteiger charge is -2.04. The van der Waals surface area contributed by atoms with Crippen molar-refractivity contribution in [2.24, 2.45) is 17.3 Å². The zero-order chi connectivity index (χ0) is 13.3. The number of carbonyl (C=O) groups excluding carboxylic acids is 1. The first kappa shape index (κ1) is 13.5. The quantitative estimate of drug-likeness (QED) is 0.531. The molecule has 0 radical (unpaired) electrons. The van der Waals surface area contributed by atoms with E-state index in [1.165, 1.54) is 5.57 Å². The summed E-state index contributed by atoms with van der Waals surface area (Å²) in [6.07, 6.45) is 4.53. The third-order valence-electron chi connectivity index (χ3n) is 4.66. The zero-order valence-corrected chi connectivity index (χ0v) is 11.8. The van der Waals surface area contributed by atoms with Crippen molar-refractivity contribution in [1.29, 1.82) is 0 Å². The molecule has 0 aliphatic heterocycles. The van der Waals surface area contributed by atoms with Crippen LogP contribution in [-0.2, 0) is 9.53 Å². The van der Waals surface area contributed by atoms with Gasteiger partial charge in [0.2, 0.25) is 0 Å². The number of allylic oxidation sites excluding steroid dienone is 2. The van der Waals surface area contributed by atoms with E-state index in [1.807, 2.05) is 0 Å². The minimum Gasteiger partial charge on any atom is -0.377 e. The Balaban J connectivity index is 1.96. The van der Waals surface area contributed by atoms with Crippen LogP contribution in [0.1, 0.15) is 40.0 Å². The van der Waals surface area contributed by atoms with Gasteiger partial charge in [0.15, 0.2) is 5.78 Å². The van der Waals surface area contributed by atoms with Gasteiger partial charge in [0.1, 0.15) is 0 Å². The largest absolute Gasteiger partial charge is 0.377 e. The van der Waals surface area contributed by atoms with Crippen molar-refractivity contribution in [2.45, 2.75) is 40.0 Å². The molecule has 2 nitrogen and oxygen atoms in total. The van der Waals surface area contributed by atoms with Gasteiger partial charge in [-0.15, -0.1) is 6.58 Å². The van der Waals surface area contributed by atoms with Crippen LogP contribution in [0.3, 0.4) is 0 Å². The van der Waals surface area contributed by atoms with Crippen molar-refractivity contribution < 1.29 is 9.53 Å². The second-order valence-corrected chi connectivity index (χ2v) is 6.17.